The molecule has 2 heterocycles. The third kappa shape index (κ3) is 4.32. The molecular weight excluding hydrogens is 397 g/mol. The summed E-state index contributed by atoms with van der Waals surface area (Å²) in [5, 5.41) is 21.2. The number of carbonyl (C=O) groups is 1. The SMILES string of the molecule is O=C(NCC(O)(c1ccsc1)c1cccs1)Nc1ccccc1C(F)(F)F. The second kappa shape index (κ2) is 7.71. The summed E-state index contributed by atoms with van der Waals surface area (Å²) in [4.78, 5) is 12.8. The van der Waals surface area contributed by atoms with Gasteiger partial charge < -0.3 is 15.7 Å². The summed E-state index contributed by atoms with van der Waals surface area (Å²) >= 11 is 2.72. The molecular formula is C18H15F3N2O2S2. The van der Waals surface area contributed by atoms with Gasteiger partial charge in [0.05, 0.1) is 17.8 Å². The number of aliphatic hydroxyl groups is 1. The lowest BCUT2D eigenvalue weighted by Crippen LogP contribution is -2.42. The molecule has 0 aliphatic rings. The molecule has 0 radical (unpaired) electrons. The maximum Gasteiger partial charge on any atom is 0.418 e. The number of alkyl halides is 3. The molecule has 0 aliphatic carbocycles. The van der Waals surface area contributed by atoms with Gasteiger partial charge in [-0.25, -0.2) is 4.79 Å². The fourth-order valence-corrected chi connectivity index (χ4v) is 4.13. The fourth-order valence-electron chi connectivity index (χ4n) is 2.56. The van der Waals surface area contributed by atoms with Crippen molar-refractivity contribution in [3.05, 3.63) is 74.6 Å². The van der Waals surface area contributed by atoms with E-state index in [4.69, 9.17) is 0 Å². The van der Waals surface area contributed by atoms with Gasteiger partial charge in [0.2, 0.25) is 0 Å². The van der Waals surface area contributed by atoms with Gasteiger partial charge in [0.25, 0.3) is 0 Å². The molecule has 142 valence electrons. The number of benzene rings is 1. The monoisotopic (exact) mass is 412 g/mol. The third-order valence-corrected chi connectivity index (χ3v) is 5.62. The summed E-state index contributed by atoms with van der Waals surface area (Å²) in [5.41, 5.74) is -2.15. The summed E-state index contributed by atoms with van der Waals surface area (Å²) < 4.78 is 39.1. The molecule has 3 rings (SSSR count). The lowest BCUT2D eigenvalue weighted by Gasteiger charge is -2.27. The Balaban J connectivity index is 1.75. The highest BCUT2D eigenvalue weighted by atomic mass is 32.1. The van der Waals surface area contributed by atoms with Crippen molar-refractivity contribution in [3.8, 4) is 0 Å². The molecule has 9 heteroatoms. The van der Waals surface area contributed by atoms with E-state index in [0.29, 0.717) is 10.4 Å². The summed E-state index contributed by atoms with van der Waals surface area (Å²) in [7, 11) is 0. The molecule has 1 unspecified atom stereocenters. The molecule has 0 fully saturated rings. The lowest BCUT2D eigenvalue weighted by atomic mass is 9.94. The first kappa shape index (κ1) is 19.4. The van der Waals surface area contributed by atoms with Gasteiger partial charge in [0.15, 0.2) is 0 Å². The third-order valence-electron chi connectivity index (χ3n) is 3.91. The van der Waals surface area contributed by atoms with Crippen LogP contribution in [0.2, 0.25) is 0 Å². The summed E-state index contributed by atoms with van der Waals surface area (Å²) in [6.45, 7) is -0.190. The van der Waals surface area contributed by atoms with E-state index in [0.717, 1.165) is 6.07 Å². The first-order chi connectivity index (χ1) is 12.8. The average molecular weight is 412 g/mol. The van der Waals surface area contributed by atoms with Gasteiger partial charge in [-0.3, -0.25) is 0 Å². The van der Waals surface area contributed by atoms with Crippen LogP contribution in [0.4, 0.5) is 23.7 Å². The Bertz CT molecular complexity index is 859. The van der Waals surface area contributed by atoms with Crippen LogP contribution in [0.3, 0.4) is 0 Å². The quantitative estimate of drug-likeness (QED) is 0.559. The van der Waals surface area contributed by atoms with Crippen molar-refractivity contribution >= 4 is 34.4 Å². The zero-order chi connectivity index (χ0) is 19.5. The number of hydrogen-bond donors (Lipinski definition) is 3. The van der Waals surface area contributed by atoms with Crippen LogP contribution in [-0.4, -0.2) is 17.7 Å². The molecule has 3 N–H and O–H groups in total. The highest BCUT2D eigenvalue weighted by Gasteiger charge is 2.35. The van der Waals surface area contributed by atoms with E-state index in [1.807, 2.05) is 0 Å². The predicted molar refractivity (Wildman–Crippen MR) is 100 cm³/mol. The van der Waals surface area contributed by atoms with E-state index < -0.39 is 23.4 Å². The van der Waals surface area contributed by atoms with Crippen LogP contribution >= 0.6 is 22.7 Å². The molecule has 0 bridgehead atoms. The van der Waals surface area contributed by atoms with Crippen molar-refractivity contribution in [2.75, 3.05) is 11.9 Å². The van der Waals surface area contributed by atoms with Gasteiger partial charge in [-0.05, 0) is 40.4 Å². The molecule has 4 nitrogen and oxygen atoms in total. The van der Waals surface area contributed by atoms with Crippen LogP contribution in [0.5, 0.6) is 0 Å². The van der Waals surface area contributed by atoms with E-state index in [9.17, 15) is 23.1 Å². The van der Waals surface area contributed by atoms with Gasteiger partial charge in [0, 0.05) is 10.4 Å². The number of urea groups is 1. The molecule has 0 spiro atoms. The van der Waals surface area contributed by atoms with Crippen LogP contribution in [0, 0.1) is 0 Å². The first-order valence-electron chi connectivity index (χ1n) is 7.81. The second-order valence-electron chi connectivity index (χ2n) is 5.70. The number of amides is 2. The zero-order valence-corrected chi connectivity index (χ0v) is 15.4. The van der Waals surface area contributed by atoms with Crippen molar-refractivity contribution in [3.63, 3.8) is 0 Å². The number of halogens is 3. The topological polar surface area (TPSA) is 61.4 Å². The molecule has 27 heavy (non-hydrogen) atoms. The normalized spacial score (nSPS) is 13.8. The minimum atomic E-state index is -4.59. The second-order valence-corrected chi connectivity index (χ2v) is 7.43. The van der Waals surface area contributed by atoms with Gasteiger partial charge in [0.1, 0.15) is 5.60 Å². The predicted octanol–water partition coefficient (Wildman–Crippen LogP) is 4.89. The Hall–Kier alpha value is -2.36. The van der Waals surface area contributed by atoms with Crippen LogP contribution in [0.25, 0.3) is 0 Å². The van der Waals surface area contributed by atoms with E-state index in [1.165, 1.54) is 40.9 Å². The van der Waals surface area contributed by atoms with Gasteiger partial charge in [-0.15, -0.1) is 11.3 Å². The van der Waals surface area contributed by atoms with Crippen molar-refractivity contribution in [2.45, 2.75) is 11.8 Å². The lowest BCUT2D eigenvalue weighted by molar-refractivity contribution is -0.136. The number of anilines is 1. The Morgan fingerprint density at radius 3 is 2.48 bits per heavy atom. The first-order valence-corrected chi connectivity index (χ1v) is 9.63. The van der Waals surface area contributed by atoms with Crippen molar-refractivity contribution in [2.24, 2.45) is 0 Å². The number of rotatable bonds is 5. The van der Waals surface area contributed by atoms with Gasteiger partial charge in [-0.1, -0.05) is 18.2 Å². The highest BCUT2D eigenvalue weighted by molar-refractivity contribution is 7.10. The summed E-state index contributed by atoms with van der Waals surface area (Å²) in [5.74, 6) is 0. The Kier molecular flexibility index (Phi) is 5.54. The van der Waals surface area contributed by atoms with Crippen LogP contribution in [-0.2, 0) is 11.8 Å². The molecule has 0 saturated heterocycles. The number of hydrogen-bond acceptors (Lipinski definition) is 4. The summed E-state index contributed by atoms with van der Waals surface area (Å²) in [6.07, 6.45) is -4.59. The molecule has 2 aromatic heterocycles. The average Bonchev–Trinajstić information content (AvgIpc) is 3.33. The highest BCUT2D eigenvalue weighted by Crippen LogP contribution is 2.35. The van der Waals surface area contributed by atoms with E-state index in [-0.39, 0.29) is 12.2 Å². The largest absolute Gasteiger partial charge is 0.418 e. The Labute approximate surface area is 161 Å². The van der Waals surface area contributed by atoms with Gasteiger partial charge in [-0.2, -0.15) is 24.5 Å². The van der Waals surface area contributed by atoms with E-state index in [2.05, 4.69) is 10.6 Å². The number of nitrogens with one attached hydrogen (secondary N) is 2. The zero-order valence-electron chi connectivity index (χ0n) is 13.8. The minimum absolute atomic E-state index is 0.190. The molecule has 2 amide bonds. The van der Waals surface area contributed by atoms with Crippen LogP contribution < -0.4 is 10.6 Å². The van der Waals surface area contributed by atoms with E-state index in [1.54, 1.807) is 34.3 Å². The molecule has 3 aromatic rings. The molecule has 0 aliphatic heterocycles. The smallest absolute Gasteiger partial charge is 0.378 e. The molecule has 0 saturated carbocycles. The van der Waals surface area contributed by atoms with Crippen LogP contribution in [0.15, 0.2) is 58.6 Å². The standard InChI is InChI=1S/C18H15F3N2O2S2/c19-18(20,21)13-4-1-2-5-14(13)23-16(24)22-11-17(25,12-7-9-26-10-12)15-6-3-8-27-15/h1-10,25H,11H2,(H2,22,23,24). The summed E-state index contributed by atoms with van der Waals surface area (Å²) in [6, 6.07) is 9.13. The minimum Gasteiger partial charge on any atom is -0.378 e. The number of thiophene rings is 2. The van der Waals surface area contributed by atoms with E-state index >= 15 is 0 Å². The maximum absolute atomic E-state index is 13.0. The Morgan fingerprint density at radius 2 is 1.85 bits per heavy atom. The van der Waals surface area contributed by atoms with Crippen molar-refractivity contribution in [1.29, 1.82) is 0 Å². The number of carbonyl (C=O) groups excluding carboxylic acids is 1. The number of para-hydroxylation sites is 1. The molecule has 1 aromatic carbocycles. The maximum atomic E-state index is 13.0. The van der Waals surface area contributed by atoms with Crippen LogP contribution in [0.1, 0.15) is 16.0 Å². The van der Waals surface area contributed by atoms with Gasteiger partial charge >= 0.3 is 12.2 Å². The Morgan fingerprint density at radius 1 is 1.07 bits per heavy atom. The fraction of sp³-hybridized carbons (Fsp3) is 0.167. The van der Waals surface area contributed by atoms with Crippen molar-refractivity contribution in [1.82, 2.24) is 5.32 Å². The molecule has 1 atom stereocenters. The van der Waals surface area contributed by atoms with Crippen molar-refractivity contribution < 1.29 is 23.1 Å².